The summed E-state index contributed by atoms with van der Waals surface area (Å²) in [6.45, 7) is 16.6. The van der Waals surface area contributed by atoms with Crippen molar-refractivity contribution in [2.75, 3.05) is 0 Å². The summed E-state index contributed by atoms with van der Waals surface area (Å²) >= 11 is 0. The Morgan fingerprint density at radius 3 is 2.15 bits per heavy atom. The summed E-state index contributed by atoms with van der Waals surface area (Å²) < 4.78 is 19.6. The molecule has 0 spiro atoms. The van der Waals surface area contributed by atoms with E-state index in [1.165, 1.54) is 0 Å². The third kappa shape index (κ3) is 3.52. The van der Waals surface area contributed by atoms with Gasteiger partial charge >= 0.3 is 0 Å². The summed E-state index contributed by atoms with van der Waals surface area (Å²) in [5, 5.41) is 0.922. The van der Waals surface area contributed by atoms with Crippen molar-refractivity contribution in [3.63, 3.8) is 0 Å². The van der Waals surface area contributed by atoms with Crippen molar-refractivity contribution in [3.8, 4) is 0 Å². The van der Waals surface area contributed by atoms with Gasteiger partial charge in [-0.1, -0.05) is 57.7 Å². The van der Waals surface area contributed by atoms with Gasteiger partial charge in [-0.15, -0.1) is 0 Å². The van der Waals surface area contributed by atoms with Crippen molar-refractivity contribution < 1.29 is 8.99 Å². The van der Waals surface area contributed by atoms with Crippen molar-refractivity contribution in [1.29, 1.82) is 0 Å². The Kier molecular flexibility index (Phi) is 5.23. The van der Waals surface area contributed by atoms with Crippen LogP contribution in [0.5, 0.6) is 0 Å². The van der Waals surface area contributed by atoms with Gasteiger partial charge in [0.25, 0.3) is 0 Å². The molecule has 1 aromatic carbocycles. The molecule has 0 radical (unpaired) electrons. The molecule has 0 bridgehead atoms. The molecule has 2 atom stereocenters. The van der Waals surface area contributed by atoms with Crippen LogP contribution in [0.4, 0.5) is 0 Å². The first-order valence-electron chi connectivity index (χ1n) is 7.01. The minimum Gasteiger partial charge on any atom is -0.407 e. The highest BCUT2D eigenvalue weighted by molar-refractivity contribution is 7.75. The third-order valence-corrected chi connectivity index (χ3v) is 11.8. The summed E-state index contributed by atoms with van der Waals surface area (Å²) in [6.07, 6.45) is 0. The maximum atomic E-state index is 13.3. The van der Waals surface area contributed by atoms with Gasteiger partial charge in [0.2, 0.25) is 0 Å². The zero-order valence-corrected chi connectivity index (χ0v) is 15.4. The van der Waals surface area contributed by atoms with Gasteiger partial charge in [-0.2, -0.15) is 0 Å². The molecule has 112 valence electrons. The zero-order valence-electron chi connectivity index (χ0n) is 13.5. The second kappa shape index (κ2) is 6.01. The molecule has 0 aromatic heterocycles. The predicted octanol–water partition coefficient (Wildman–Crippen LogP) is 5.19. The van der Waals surface area contributed by atoms with Gasteiger partial charge in [0.15, 0.2) is 15.5 Å². The largest absolute Gasteiger partial charge is 0.407 e. The van der Waals surface area contributed by atoms with Crippen LogP contribution in [0.3, 0.4) is 0 Å². The average Bonchev–Trinajstić information content (AvgIpc) is 2.36. The van der Waals surface area contributed by atoms with Gasteiger partial charge in [-0.25, -0.2) is 0 Å². The van der Waals surface area contributed by atoms with Gasteiger partial charge in [-0.05, 0) is 30.9 Å². The fourth-order valence-electron chi connectivity index (χ4n) is 1.81. The number of hydrogen-bond donors (Lipinski definition) is 0. The van der Waals surface area contributed by atoms with Crippen molar-refractivity contribution >= 4 is 20.8 Å². The van der Waals surface area contributed by atoms with E-state index in [9.17, 15) is 4.57 Å². The highest BCUT2D eigenvalue weighted by Crippen LogP contribution is 2.53. The monoisotopic (exact) mass is 310 g/mol. The lowest BCUT2D eigenvalue weighted by Gasteiger charge is -2.39. The summed E-state index contributed by atoms with van der Waals surface area (Å²) in [6, 6.07) is 9.54. The molecule has 1 rings (SSSR count). The first kappa shape index (κ1) is 17.4. The summed E-state index contributed by atoms with van der Waals surface area (Å²) in [4.78, 5) is 0. The van der Waals surface area contributed by atoms with E-state index in [2.05, 4.69) is 40.4 Å². The van der Waals surface area contributed by atoms with Crippen molar-refractivity contribution in [2.45, 2.75) is 51.7 Å². The molecule has 0 heterocycles. The van der Waals surface area contributed by atoms with E-state index < -0.39 is 15.5 Å². The van der Waals surface area contributed by atoms with E-state index in [-0.39, 0.29) is 10.9 Å². The maximum absolute atomic E-state index is 13.3. The number of benzene rings is 1. The number of hydrogen-bond acceptors (Lipinski definition) is 2. The Morgan fingerprint density at radius 1 is 1.25 bits per heavy atom. The SMILES string of the molecule is C=CP(=O)(c1ccccc1)[C@H](C)O[Si](C)(C)C(C)(C)C. The Balaban J connectivity index is 3.09. The lowest BCUT2D eigenvalue weighted by Crippen LogP contribution is -2.43. The topological polar surface area (TPSA) is 26.3 Å². The van der Waals surface area contributed by atoms with Gasteiger partial charge < -0.3 is 8.99 Å². The first-order valence-corrected chi connectivity index (χ1v) is 11.8. The molecule has 0 N–H and O–H groups in total. The molecule has 4 heteroatoms. The lowest BCUT2D eigenvalue weighted by atomic mass is 10.2. The highest BCUT2D eigenvalue weighted by Gasteiger charge is 2.42. The highest BCUT2D eigenvalue weighted by atomic mass is 31.2. The minimum atomic E-state index is -2.73. The molecule has 1 aromatic rings. The Bertz CT molecular complexity index is 503. The fourth-order valence-corrected chi connectivity index (χ4v) is 6.00. The van der Waals surface area contributed by atoms with Gasteiger partial charge in [-0.3, -0.25) is 0 Å². The van der Waals surface area contributed by atoms with E-state index in [1.807, 2.05) is 37.3 Å². The van der Waals surface area contributed by atoms with Crippen LogP contribution in [0.25, 0.3) is 0 Å². The molecule has 0 aliphatic carbocycles. The quantitative estimate of drug-likeness (QED) is 0.553. The molecular formula is C16H27O2PSi. The van der Waals surface area contributed by atoms with Gasteiger partial charge in [0, 0.05) is 5.30 Å². The van der Waals surface area contributed by atoms with E-state index >= 15 is 0 Å². The third-order valence-electron chi connectivity index (χ3n) is 4.24. The van der Waals surface area contributed by atoms with E-state index in [0.717, 1.165) is 5.30 Å². The molecule has 0 aliphatic rings. The van der Waals surface area contributed by atoms with Crippen LogP contribution in [-0.4, -0.2) is 14.2 Å². The van der Waals surface area contributed by atoms with Crippen LogP contribution < -0.4 is 5.30 Å². The summed E-state index contributed by atoms with van der Waals surface area (Å²) in [5.74, 6) is 1.25. The average molecular weight is 310 g/mol. The predicted molar refractivity (Wildman–Crippen MR) is 91.6 cm³/mol. The van der Waals surface area contributed by atoms with E-state index in [1.54, 1.807) is 5.82 Å². The maximum Gasteiger partial charge on any atom is 0.193 e. The standard InChI is InChI=1S/C16H27O2PSi/c1-8-19(17,15-12-10-9-11-13-15)14(2)18-20(6,7)16(3,4)5/h8-14H,1H2,2-7H3/t14-,19?/m1/s1. The smallest absolute Gasteiger partial charge is 0.193 e. The molecule has 1 unspecified atom stereocenters. The summed E-state index contributed by atoms with van der Waals surface area (Å²) in [5.41, 5.74) is 0. The molecular weight excluding hydrogens is 283 g/mol. The lowest BCUT2D eigenvalue weighted by molar-refractivity contribution is 0.267. The molecule has 0 amide bonds. The molecule has 0 fully saturated rings. The molecule has 20 heavy (non-hydrogen) atoms. The van der Waals surface area contributed by atoms with Gasteiger partial charge in [0.1, 0.15) is 5.85 Å². The van der Waals surface area contributed by atoms with Crippen molar-refractivity contribution in [3.05, 3.63) is 42.7 Å². The normalized spacial score (nSPS) is 17.3. The first-order chi connectivity index (χ1) is 9.04. The van der Waals surface area contributed by atoms with Crippen LogP contribution in [-0.2, 0) is 8.99 Å². The van der Waals surface area contributed by atoms with E-state index in [0.29, 0.717) is 0 Å². The molecule has 2 nitrogen and oxygen atoms in total. The Morgan fingerprint density at radius 2 is 1.75 bits per heavy atom. The van der Waals surface area contributed by atoms with Crippen LogP contribution >= 0.6 is 7.14 Å². The van der Waals surface area contributed by atoms with Crippen molar-refractivity contribution in [2.24, 2.45) is 0 Å². The second-order valence-electron chi connectivity index (χ2n) is 6.70. The van der Waals surface area contributed by atoms with Crippen LogP contribution in [0, 0.1) is 0 Å². The molecule has 0 saturated heterocycles. The Labute approximate surface area is 124 Å². The van der Waals surface area contributed by atoms with E-state index in [4.69, 9.17) is 4.43 Å². The zero-order chi connectivity index (χ0) is 15.6. The second-order valence-corrected chi connectivity index (χ2v) is 14.5. The fraction of sp³-hybridized carbons (Fsp3) is 0.500. The Hall–Kier alpha value is -0.633. The van der Waals surface area contributed by atoms with Crippen LogP contribution in [0.1, 0.15) is 27.7 Å². The summed E-state index contributed by atoms with van der Waals surface area (Å²) in [7, 11) is -4.68. The molecule has 0 aliphatic heterocycles. The van der Waals surface area contributed by atoms with Gasteiger partial charge in [0.05, 0.1) is 0 Å². The molecule has 0 saturated carbocycles. The van der Waals surface area contributed by atoms with Crippen LogP contribution in [0.15, 0.2) is 42.7 Å². The van der Waals surface area contributed by atoms with Crippen molar-refractivity contribution in [1.82, 2.24) is 0 Å². The minimum absolute atomic E-state index is 0.101. The number of rotatable bonds is 5. The van der Waals surface area contributed by atoms with Crippen LogP contribution in [0.2, 0.25) is 18.1 Å².